The molecule has 0 aliphatic heterocycles. The standard InChI is InChI=1S/C29H24N2O7/c1-30-18-8-10-20(32)25-23(18)28(36)26-21(33)11-9-19(24(26)29(25)37)31-15-5-3-4-14(12-15)27(35)17-7-6-16(38-2)13-22(17)34/h3-13,29-34,37H,1-2H3. The monoisotopic (exact) mass is 512 g/mol. The van der Waals surface area contributed by atoms with Crippen LogP contribution in [0.2, 0.25) is 0 Å². The predicted molar refractivity (Wildman–Crippen MR) is 141 cm³/mol. The Kier molecular flexibility index (Phi) is 6.14. The average Bonchev–Trinajstić information content (AvgIpc) is 2.92. The number of benzene rings is 4. The maximum absolute atomic E-state index is 13.5. The van der Waals surface area contributed by atoms with E-state index in [2.05, 4.69) is 10.6 Å². The van der Waals surface area contributed by atoms with Crippen molar-refractivity contribution in [2.24, 2.45) is 0 Å². The SMILES string of the molecule is CNc1ccc(O)c2c1C(=O)c1c(O)ccc(Nc3cccc(C(=O)c4ccc(OC)cc4O)c3)c1C2O. The van der Waals surface area contributed by atoms with Crippen LogP contribution in [0.5, 0.6) is 23.0 Å². The first-order valence-corrected chi connectivity index (χ1v) is 11.7. The summed E-state index contributed by atoms with van der Waals surface area (Å²) in [6.45, 7) is 0. The summed E-state index contributed by atoms with van der Waals surface area (Å²) >= 11 is 0. The van der Waals surface area contributed by atoms with Gasteiger partial charge in [0, 0.05) is 46.9 Å². The molecule has 1 aliphatic carbocycles. The fourth-order valence-electron chi connectivity index (χ4n) is 4.73. The van der Waals surface area contributed by atoms with Crippen molar-refractivity contribution >= 4 is 28.6 Å². The molecule has 0 fully saturated rings. The molecule has 4 aromatic carbocycles. The first kappa shape index (κ1) is 24.7. The number of aliphatic hydroxyl groups excluding tert-OH is 1. The molecule has 9 heteroatoms. The van der Waals surface area contributed by atoms with E-state index < -0.39 is 17.7 Å². The second-order valence-corrected chi connectivity index (χ2v) is 8.74. The van der Waals surface area contributed by atoms with Crippen molar-refractivity contribution in [3.8, 4) is 23.0 Å². The van der Waals surface area contributed by atoms with Gasteiger partial charge >= 0.3 is 0 Å². The van der Waals surface area contributed by atoms with Crippen LogP contribution in [0, 0.1) is 0 Å². The Labute approximate surface area is 217 Å². The van der Waals surface area contributed by atoms with Crippen molar-refractivity contribution in [1.82, 2.24) is 0 Å². The minimum absolute atomic E-state index is 0.0295. The van der Waals surface area contributed by atoms with E-state index >= 15 is 0 Å². The summed E-state index contributed by atoms with van der Waals surface area (Å²) in [5.41, 5.74) is 1.64. The number of carbonyl (C=O) groups excluding carboxylic acids is 2. The fourth-order valence-corrected chi connectivity index (χ4v) is 4.73. The van der Waals surface area contributed by atoms with Crippen molar-refractivity contribution in [2.75, 3.05) is 24.8 Å². The van der Waals surface area contributed by atoms with Crippen molar-refractivity contribution < 1.29 is 34.8 Å². The number of phenolic OH excluding ortho intramolecular Hbond substituents is 3. The molecule has 0 spiro atoms. The zero-order valence-corrected chi connectivity index (χ0v) is 20.4. The number of anilines is 3. The first-order valence-electron chi connectivity index (χ1n) is 11.7. The Balaban J connectivity index is 1.55. The number of ketones is 2. The van der Waals surface area contributed by atoms with Gasteiger partial charge in [-0.25, -0.2) is 0 Å². The molecule has 192 valence electrons. The van der Waals surface area contributed by atoms with Crippen LogP contribution in [-0.4, -0.2) is 46.2 Å². The quantitative estimate of drug-likeness (QED) is 0.163. The van der Waals surface area contributed by atoms with Crippen LogP contribution in [0.3, 0.4) is 0 Å². The number of fused-ring (bicyclic) bond motifs is 2. The Morgan fingerprint density at radius 3 is 2.29 bits per heavy atom. The van der Waals surface area contributed by atoms with Gasteiger partial charge in [0.1, 0.15) is 29.1 Å². The maximum atomic E-state index is 13.5. The summed E-state index contributed by atoms with van der Waals surface area (Å²) in [4.78, 5) is 26.6. The summed E-state index contributed by atoms with van der Waals surface area (Å²) in [7, 11) is 3.07. The van der Waals surface area contributed by atoms with Crippen molar-refractivity contribution in [1.29, 1.82) is 0 Å². The molecule has 38 heavy (non-hydrogen) atoms. The van der Waals surface area contributed by atoms with Crippen molar-refractivity contribution in [3.63, 3.8) is 0 Å². The van der Waals surface area contributed by atoms with Crippen LogP contribution in [0.4, 0.5) is 17.1 Å². The van der Waals surface area contributed by atoms with E-state index in [4.69, 9.17) is 4.74 Å². The van der Waals surface area contributed by atoms with Gasteiger partial charge < -0.3 is 35.8 Å². The number of aliphatic hydroxyl groups is 1. The highest BCUT2D eigenvalue weighted by Crippen LogP contribution is 2.48. The molecule has 0 saturated heterocycles. The van der Waals surface area contributed by atoms with E-state index in [1.54, 1.807) is 37.4 Å². The summed E-state index contributed by atoms with van der Waals surface area (Å²) in [6, 6.07) is 16.6. The van der Waals surface area contributed by atoms with E-state index in [1.165, 1.54) is 43.5 Å². The van der Waals surface area contributed by atoms with Gasteiger partial charge in [0.2, 0.25) is 0 Å². The smallest absolute Gasteiger partial charge is 0.199 e. The van der Waals surface area contributed by atoms with Gasteiger partial charge in [-0.3, -0.25) is 9.59 Å². The Morgan fingerprint density at radius 1 is 0.842 bits per heavy atom. The van der Waals surface area contributed by atoms with E-state index in [9.17, 15) is 30.0 Å². The zero-order valence-electron chi connectivity index (χ0n) is 20.4. The Morgan fingerprint density at radius 2 is 1.58 bits per heavy atom. The number of ether oxygens (including phenoxy) is 1. The molecule has 1 unspecified atom stereocenters. The van der Waals surface area contributed by atoms with Gasteiger partial charge in [-0.2, -0.15) is 0 Å². The molecule has 0 amide bonds. The first-order chi connectivity index (χ1) is 18.2. The largest absolute Gasteiger partial charge is 0.508 e. The van der Waals surface area contributed by atoms with Gasteiger partial charge in [0.15, 0.2) is 11.6 Å². The van der Waals surface area contributed by atoms with Crippen LogP contribution < -0.4 is 15.4 Å². The van der Waals surface area contributed by atoms with E-state index in [1.807, 2.05) is 0 Å². The van der Waals surface area contributed by atoms with Crippen LogP contribution in [0.15, 0.2) is 66.7 Å². The Hall–Kier alpha value is -5.02. The summed E-state index contributed by atoms with van der Waals surface area (Å²) in [5, 5.41) is 48.7. The molecule has 1 atom stereocenters. The number of phenols is 3. The third kappa shape index (κ3) is 3.95. The van der Waals surface area contributed by atoms with Gasteiger partial charge in [-0.05, 0) is 48.5 Å². The second kappa shape index (κ2) is 9.45. The van der Waals surface area contributed by atoms with E-state index in [-0.39, 0.29) is 50.6 Å². The van der Waals surface area contributed by atoms with Crippen LogP contribution >= 0.6 is 0 Å². The van der Waals surface area contributed by atoms with Gasteiger partial charge in [-0.1, -0.05) is 12.1 Å². The van der Waals surface area contributed by atoms with Gasteiger partial charge in [-0.15, -0.1) is 0 Å². The van der Waals surface area contributed by atoms with Crippen molar-refractivity contribution in [3.05, 3.63) is 100 Å². The lowest BCUT2D eigenvalue weighted by Gasteiger charge is -2.29. The third-order valence-electron chi connectivity index (χ3n) is 6.57. The summed E-state index contributed by atoms with van der Waals surface area (Å²) in [6.07, 6.45) is -1.43. The molecule has 6 N–H and O–H groups in total. The molecule has 0 bridgehead atoms. The minimum atomic E-state index is -1.43. The topological polar surface area (TPSA) is 148 Å². The second-order valence-electron chi connectivity index (χ2n) is 8.74. The number of nitrogens with one attached hydrogen (secondary N) is 2. The molecule has 0 aromatic heterocycles. The molecule has 0 saturated carbocycles. The number of rotatable bonds is 6. The van der Waals surface area contributed by atoms with Crippen molar-refractivity contribution in [2.45, 2.75) is 6.10 Å². The van der Waals surface area contributed by atoms with E-state index in [0.717, 1.165) is 0 Å². The lowest BCUT2D eigenvalue weighted by Crippen LogP contribution is -2.22. The fraction of sp³-hybridized carbons (Fsp3) is 0.103. The zero-order chi connectivity index (χ0) is 27.1. The average molecular weight is 513 g/mol. The van der Waals surface area contributed by atoms with Crippen LogP contribution in [-0.2, 0) is 0 Å². The maximum Gasteiger partial charge on any atom is 0.199 e. The highest BCUT2D eigenvalue weighted by atomic mass is 16.5. The lowest BCUT2D eigenvalue weighted by atomic mass is 9.80. The number of hydrogen-bond acceptors (Lipinski definition) is 9. The normalized spacial score (nSPS) is 13.9. The number of hydrogen-bond donors (Lipinski definition) is 6. The molecule has 5 rings (SSSR count). The number of aromatic hydroxyl groups is 3. The molecular formula is C29H24N2O7. The predicted octanol–water partition coefficient (Wildman–Crippen LogP) is 4.45. The van der Waals surface area contributed by atoms with Crippen LogP contribution in [0.25, 0.3) is 0 Å². The third-order valence-corrected chi connectivity index (χ3v) is 6.57. The highest BCUT2D eigenvalue weighted by Gasteiger charge is 2.38. The minimum Gasteiger partial charge on any atom is -0.508 e. The molecular weight excluding hydrogens is 488 g/mol. The number of carbonyl (C=O) groups is 2. The molecule has 9 nitrogen and oxygen atoms in total. The molecule has 1 aliphatic rings. The number of methoxy groups -OCH3 is 1. The van der Waals surface area contributed by atoms with Gasteiger partial charge in [0.25, 0.3) is 0 Å². The van der Waals surface area contributed by atoms with Crippen LogP contribution in [0.1, 0.15) is 49.1 Å². The molecule has 4 aromatic rings. The van der Waals surface area contributed by atoms with E-state index in [0.29, 0.717) is 22.8 Å². The van der Waals surface area contributed by atoms with Gasteiger partial charge in [0.05, 0.1) is 23.8 Å². The highest BCUT2D eigenvalue weighted by molar-refractivity contribution is 6.18. The molecule has 0 heterocycles. The summed E-state index contributed by atoms with van der Waals surface area (Å²) in [5.74, 6) is -1.36. The summed E-state index contributed by atoms with van der Waals surface area (Å²) < 4.78 is 5.07. The molecule has 0 radical (unpaired) electrons. The Bertz CT molecular complexity index is 1610. The lowest BCUT2D eigenvalue weighted by molar-refractivity contribution is 0.101.